The molecule has 1 aliphatic heterocycles. The van der Waals surface area contributed by atoms with E-state index in [2.05, 4.69) is 10.3 Å². The fraction of sp³-hybridized carbons (Fsp3) is 1.00. The second-order valence-electron chi connectivity index (χ2n) is 5.88. The van der Waals surface area contributed by atoms with E-state index >= 15 is 0 Å². The Labute approximate surface area is 134 Å². The molecule has 4 heteroatoms. The highest BCUT2D eigenvalue weighted by Crippen LogP contribution is 2.19. The molecule has 1 aliphatic rings. The maximum absolute atomic E-state index is 3.30. The topological polar surface area (TPSA) is 24.1 Å². The maximum Gasteiger partial charge on any atom is 0.0109 e. The number of hydrogen-bond acceptors (Lipinski definition) is 4. The lowest BCUT2D eigenvalue weighted by molar-refractivity contribution is 0.529. The van der Waals surface area contributed by atoms with E-state index < -0.39 is 0 Å². The van der Waals surface area contributed by atoms with Crippen LogP contribution in [0.1, 0.15) is 89.9 Å². The molecule has 2 nitrogen and oxygen atoms in total. The van der Waals surface area contributed by atoms with Crippen LogP contribution in [0.25, 0.3) is 0 Å². The summed E-state index contributed by atoms with van der Waals surface area (Å²) in [5.41, 5.74) is 3.30. The molecule has 0 aromatic heterocycles. The molecule has 0 radical (unpaired) electrons. The van der Waals surface area contributed by atoms with Crippen LogP contribution in [0, 0.1) is 0 Å². The van der Waals surface area contributed by atoms with Crippen molar-refractivity contribution in [3.8, 4) is 0 Å². The minimum atomic E-state index is 1.10. The molecule has 0 aromatic carbocycles. The Kier molecular flexibility index (Phi) is 14.9. The summed E-state index contributed by atoms with van der Waals surface area (Å²) in [7, 11) is 3.70. The number of hydrazine groups is 1. The van der Waals surface area contributed by atoms with Gasteiger partial charge in [0, 0.05) is 23.3 Å². The van der Waals surface area contributed by atoms with Crippen LogP contribution >= 0.6 is 21.8 Å². The smallest absolute Gasteiger partial charge is 0.0109 e. The van der Waals surface area contributed by atoms with Gasteiger partial charge < -0.3 is 0 Å². The molecule has 1 heterocycles. The molecule has 1 rings (SSSR count). The van der Waals surface area contributed by atoms with E-state index in [9.17, 15) is 0 Å². The summed E-state index contributed by atoms with van der Waals surface area (Å²) in [4.78, 5) is 3.24. The highest BCUT2D eigenvalue weighted by atomic mass is 33.1. The summed E-state index contributed by atoms with van der Waals surface area (Å²) < 4.78 is 0. The Morgan fingerprint density at radius 1 is 0.500 bits per heavy atom. The van der Waals surface area contributed by atoms with Crippen LogP contribution < -0.4 is 10.3 Å². The van der Waals surface area contributed by atoms with Crippen LogP contribution in [-0.2, 0) is 0 Å². The van der Waals surface area contributed by atoms with Crippen molar-refractivity contribution in [2.45, 2.75) is 89.9 Å². The zero-order valence-electron chi connectivity index (χ0n) is 13.1. The lowest BCUT2D eigenvalue weighted by Crippen LogP contribution is -2.25. The van der Waals surface area contributed by atoms with Gasteiger partial charge in [0.05, 0.1) is 0 Å². The Balaban J connectivity index is 2.00. The van der Waals surface area contributed by atoms with Gasteiger partial charge in [0.25, 0.3) is 0 Å². The Hall–Kier alpha value is 0.620. The molecule has 0 aromatic rings. The van der Waals surface area contributed by atoms with Crippen LogP contribution in [0.2, 0.25) is 0 Å². The van der Waals surface area contributed by atoms with E-state index in [1.54, 1.807) is 11.0 Å². The fourth-order valence-corrected chi connectivity index (χ4v) is 4.23. The summed E-state index contributed by atoms with van der Waals surface area (Å²) in [6, 6.07) is 0. The molecule has 0 unspecified atom stereocenters. The van der Waals surface area contributed by atoms with E-state index in [0.717, 1.165) is 6.54 Å². The third kappa shape index (κ3) is 13.6. The minimum Gasteiger partial charge on any atom is -0.247 e. The van der Waals surface area contributed by atoms with E-state index in [-0.39, 0.29) is 0 Å². The second kappa shape index (κ2) is 16.0. The lowest BCUT2D eigenvalue weighted by Gasteiger charge is -2.07. The van der Waals surface area contributed by atoms with Gasteiger partial charge in [-0.15, -0.1) is 0 Å². The third-order valence-corrected chi connectivity index (χ3v) is 5.86. The molecule has 1 fully saturated rings. The molecule has 0 bridgehead atoms. The quantitative estimate of drug-likeness (QED) is 0.432. The van der Waals surface area contributed by atoms with Gasteiger partial charge in [-0.25, -0.2) is 5.43 Å². The first-order chi connectivity index (χ1) is 10.0. The van der Waals surface area contributed by atoms with Crippen molar-refractivity contribution in [3.63, 3.8) is 0 Å². The van der Waals surface area contributed by atoms with Gasteiger partial charge >= 0.3 is 0 Å². The van der Waals surface area contributed by atoms with Crippen LogP contribution in [0.15, 0.2) is 0 Å². The highest BCUT2D eigenvalue weighted by molar-refractivity contribution is 8.75. The molecule has 20 heavy (non-hydrogen) atoms. The van der Waals surface area contributed by atoms with Crippen LogP contribution in [0.3, 0.4) is 0 Å². The van der Waals surface area contributed by atoms with Crippen LogP contribution in [0.4, 0.5) is 0 Å². The van der Waals surface area contributed by atoms with Crippen LogP contribution in [-0.4, -0.2) is 12.3 Å². The van der Waals surface area contributed by atoms with Crippen LogP contribution in [0.5, 0.6) is 0 Å². The molecular weight excluding hydrogens is 284 g/mol. The van der Waals surface area contributed by atoms with Gasteiger partial charge in [0.15, 0.2) is 0 Å². The first-order valence-corrected chi connectivity index (χ1v) is 11.1. The van der Waals surface area contributed by atoms with Crippen molar-refractivity contribution >= 4 is 21.8 Å². The number of nitrogens with one attached hydrogen (secondary N) is 2. The van der Waals surface area contributed by atoms with Gasteiger partial charge in [-0.1, -0.05) is 87.8 Å². The molecule has 0 aliphatic carbocycles. The molecule has 0 amide bonds. The summed E-state index contributed by atoms with van der Waals surface area (Å²) in [5, 5.41) is 0. The largest absolute Gasteiger partial charge is 0.247 e. The average Bonchev–Trinajstić information content (AvgIpc) is 2.46. The monoisotopic (exact) mass is 318 g/mol. The standard InChI is InChI=1S/C16H34N2S2/c1-2-4-6-8-10-12-14-16-19-20-18-17-15-13-11-9-7-5-3-1/h17-18H,1-16H2. The van der Waals surface area contributed by atoms with Gasteiger partial charge in [0.2, 0.25) is 0 Å². The third-order valence-electron chi connectivity index (χ3n) is 3.95. The van der Waals surface area contributed by atoms with Crippen molar-refractivity contribution in [2.75, 3.05) is 12.3 Å². The SMILES string of the molecule is C1CCCCCCCCSSNNCCCCCCC1. The van der Waals surface area contributed by atoms with E-state index in [1.165, 1.54) is 95.6 Å². The second-order valence-corrected chi connectivity index (χ2v) is 8.11. The predicted octanol–water partition coefficient (Wildman–Crippen LogP) is 5.85. The summed E-state index contributed by atoms with van der Waals surface area (Å²) in [6.07, 6.45) is 20.0. The first-order valence-electron chi connectivity index (χ1n) is 8.76. The summed E-state index contributed by atoms with van der Waals surface area (Å²) in [5.74, 6) is 1.28. The molecule has 1 saturated heterocycles. The van der Waals surface area contributed by atoms with Crippen molar-refractivity contribution < 1.29 is 0 Å². The van der Waals surface area contributed by atoms with Gasteiger partial charge in [-0.05, 0) is 12.8 Å². The minimum absolute atomic E-state index is 1.10. The van der Waals surface area contributed by atoms with E-state index in [4.69, 9.17) is 0 Å². The molecule has 0 saturated carbocycles. The fourth-order valence-electron chi connectivity index (χ4n) is 2.65. The van der Waals surface area contributed by atoms with Crippen molar-refractivity contribution in [1.29, 1.82) is 0 Å². The van der Waals surface area contributed by atoms with E-state index in [1.807, 2.05) is 10.8 Å². The Morgan fingerprint density at radius 2 is 0.950 bits per heavy atom. The molecule has 0 spiro atoms. The highest BCUT2D eigenvalue weighted by Gasteiger charge is 1.96. The molecule has 0 atom stereocenters. The Morgan fingerprint density at radius 3 is 1.50 bits per heavy atom. The van der Waals surface area contributed by atoms with E-state index in [0.29, 0.717) is 0 Å². The van der Waals surface area contributed by atoms with Crippen molar-refractivity contribution in [1.82, 2.24) is 10.3 Å². The van der Waals surface area contributed by atoms with Gasteiger partial charge in [-0.3, -0.25) is 0 Å². The molecule has 2 N–H and O–H groups in total. The molecular formula is C16H34N2S2. The summed E-state index contributed by atoms with van der Waals surface area (Å²) >= 11 is 0. The predicted molar refractivity (Wildman–Crippen MR) is 95.8 cm³/mol. The Bertz CT molecular complexity index is 105. The van der Waals surface area contributed by atoms with Gasteiger partial charge in [-0.2, -0.15) is 4.83 Å². The maximum atomic E-state index is 3.30. The number of hydrogen-bond donors (Lipinski definition) is 2. The summed E-state index contributed by atoms with van der Waals surface area (Å²) in [6.45, 7) is 1.10. The normalized spacial score (nSPS) is 24.0. The lowest BCUT2D eigenvalue weighted by atomic mass is 10.0. The zero-order chi connectivity index (χ0) is 14.1. The zero-order valence-corrected chi connectivity index (χ0v) is 14.8. The van der Waals surface area contributed by atoms with Gasteiger partial charge in [0.1, 0.15) is 0 Å². The molecule has 120 valence electrons. The van der Waals surface area contributed by atoms with Crippen molar-refractivity contribution in [2.24, 2.45) is 0 Å². The first kappa shape index (κ1) is 18.7. The average molecular weight is 319 g/mol. The number of rotatable bonds is 0. The van der Waals surface area contributed by atoms with Crippen molar-refractivity contribution in [3.05, 3.63) is 0 Å².